The van der Waals surface area contributed by atoms with Crippen LogP contribution in [-0.2, 0) is 6.54 Å². The Bertz CT molecular complexity index is 587. The van der Waals surface area contributed by atoms with Crippen LogP contribution in [0.3, 0.4) is 0 Å². The smallest absolute Gasteiger partial charge is 0.407 e. The summed E-state index contributed by atoms with van der Waals surface area (Å²) in [7, 11) is 1.25. The Kier molecular flexibility index (Phi) is 4.76. The molecule has 0 aliphatic carbocycles. The maximum atomic E-state index is 13.8. The first kappa shape index (κ1) is 16.0. The van der Waals surface area contributed by atoms with Gasteiger partial charge in [-0.1, -0.05) is 0 Å². The van der Waals surface area contributed by atoms with Crippen molar-refractivity contribution in [2.24, 2.45) is 0 Å². The summed E-state index contributed by atoms with van der Waals surface area (Å²) in [6.45, 7) is 2.17. The van der Waals surface area contributed by atoms with Crippen LogP contribution in [0.4, 0.5) is 14.9 Å². The van der Waals surface area contributed by atoms with Gasteiger partial charge in [-0.3, -0.25) is 15.0 Å². The van der Waals surface area contributed by atoms with Crippen molar-refractivity contribution in [1.29, 1.82) is 0 Å². The average Bonchev–Trinajstić information content (AvgIpc) is 2.46. The fourth-order valence-electron chi connectivity index (χ4n) is 2.41. The molecule has 0 saturated carbocycles. The van der Waals surface area contributed by atoms with Gasteiger partial charge in [-0.2, -0.15) is 4.39 Å². The van der Waals surface area contributed by atoms with Crippen LogP contribution in [0, 0.1) is 15.9 Å². The number of carboxylic acid groups (broad SMARTS) is 1. The zero-order valence-electron chi connectivity index (χ0n) is 12.0. The van der Waals surface area contributed by atoms with Gasteiger partial charge < -0.3 is 14.7 Å². The fourth-order valence-corrected chi connectivity index (χ4v) is 2.41. The number of nitro benzene ring substituents is 1. The molecule has 1 N–H and O–H groups in total. The minimum absolute atomic E-state index is 0.121. The highest BCUT2D eigenvalue weighted by Gasteiger charge is 2.24. The van der Waals surface area contributed by atoms with Crippen LogP contribution < -0.4 is 4.74 Å². The van der Waals surface area contributed by atoms with E-state index >= 15 is 0 Å². The van der Waals surface area contributed by atoms with Gasteiger partial charge in [0.25, 0.3) is 0 Å². The third-order valence-electron chi connectivity index (χ3n) is 3.54. The molecular formula is C13H16FN3O5. The molecule has 0 spiro atoms. The van der Waals surface area contributed by atoms with E-state index in [1.165, 1.54) is 18.1 Å². The second-order valence-electron chi connectivity index (χ2n) is 4.93. The molecule has 1 aliphatic heterocycles. The number of halogens is 1. The fraction of sp³-hybridized carbons (Fsp3) is 0.462. The largest absolute Gasteiger partial charge is 0.490 e. The molecule has 9 heteroatoms. The van der Waals surface area contributed by atoms with E-state index in [1.807, 2.05) is 4.90 Å². The molecule has 1 amide bonds. The van der Waals surface area contributed by atoms with Crippen molar-refractivity contribution < 1.29 is 24.0 Å². The number of nitrogens with zero attached hydrogens (tertiary/aromatic N) is 3. The van der Waals surface area contributed by atoms with Crippen LogP contribution in [0.15, 0.2) is 12.1 Å². The second kappa shape index (κ2) is 6.56. The molecule has 0 radical (unpaired) electrons. The van der Waals surface area contributed by atoms with Gasteiger partial charge in [0.2, 0.25) is 5.82 Å². The lowest BCUT2D eigenvalue weighted by molar-refractivity contribution is -0.388. The molecule has 0 bridgehead atoms. The highest BCUT2D eigenvalue weighted by molar-refractivity contribution is 5.65. The van der Waals surface area contributed by atoms with Crippen molar-refractivity contribution in [2.45, 2.75) is 6.54 Å². The van der Waals surface area contributed by atoms with Crippen LogP contribution in [-0.4, -0.2) is 59.2 Å². The molecule has 120 valence electrons. The van der Waals surface area contributed by atoms with Crippen LogP contribution in [0.5, 0.6) is 5.75 Å². The Labute approximate surface area is 125 Å². The van der Waals surface area contributed by atoms with Crippen molar-refractivity contribution in [3.05, 3.63) is 33.6 Å². The van der Waals surface area contributed by atoms with E-state index in [0.29, 0.717) is 38.3 Å². The molecule has 2 rings (SSSR count). The number of hydrogen-bond acceptors (Lipinski definition) is 5. The van der Waals surface area contributed by atoms with Crippen molar-refractivity contribution in [3.8, 4) is 5.75 Å². The third kappa shape index (κ3) is 3.42. The number of rotatable bonds is 4. The minimum Gasteiger partial charge on any atom is -0.490 e. The molecule has 0 aromatic heterocycles. The normalized spacial score (nSPS) is 15.6. The Balaban J connectivity index is 2.10. The van der Waals surface area contributed by atoms with E-state index in [1.54, 1.807) is 0 Å². The first-order valence-electron chi connectivity index (χ1n) is 6.63. The van der Waals surface area contributed by atoms with Gasteiger partial charge in [0.1, 0.15) is 0 Å². The SMILES string of the molecule is COc1cc(CN2CCN(C(=O)O)CC2)cc(F)c1[N+](=O)[O-]. The number of hydrogen-bond donors (Lipinski definition) is 1. The molecule has 0 atom stereocenters. The summed E-state index contributed by atoms with van der Waals surface area (Å²) < 4.78 is 18.7. The monoisotopic (exact) mass is 313 g/mol. The maximum absolute atomic E-state index is 13.8. The van der Waals surface area contributed by atoms with Crippen molar-refractivity contribution >= 4 is 11.8 Å². The molecule has 22 heavy (non-hydrogen) atoms. The number of carbonyl (C=O) groups is 1. The summed E-state index contributed by atoms with van der Waals surface area (Å²) in [6.07, 6.45) is -0.956. The van der Waals surface area contributed by atoms with Crippen molar-refractivity contribution in [3.63, 3.8) is 0 Å². The molecule has 1 heterocycles. The average molecular weight is 313 g/mol. The lowest BCUT2D eigenvalue weighted by Crippen LogP contribution is -2.47. The Morgan fingerprint density at radius 1 is 1.41 bits per heavy atom. The van der Waals surface area contributed by atoms with E-state index < -0.39 is 22.5 Å². The summed E-state index contributed by atoms with van der Waals surface area (Å²) in [6, 6.07) is 2.55. The predicted octanol–water partition coefficient (Wildman–Crippen LogP) is 1.54. The maximum Gasteiger partial charge on any atom is 0.407 e. The zero-order valence-corrected chi connectivity index (χ0v) is 12.0. The Hall–Kier alpha value is -2.42. The highest BCUT2D eigenvalue weighted by atomic mass is 19.1. The van der Waals surface area contributed by atoms with Crippen molar-refractivity contribution in [1.82, 2.24) is 9.80 Å². The van der Waals surface area contributed by atoms with E-state index in [2.05, 4.69) is 0 Å². The lowest BCUT2D eigenvalue weighted by Gasteiger charge is -2.33. The van der Waals surface area contributed by atoms with Gasteiger partial charge in [0, 0.05) is 32.7 Å². The zero-order chi connectivity index (χ0) is 16.3. The van der Waals surface area contributed by atoms with Crippen LogP contribution in [0.25, 0.3) is 0 Å². The summed E-state index contributed by atoms with van der Waals surface area (Å²) >= 11 is 0. The number of ether oxygens (including phenoxy) is 1. The lowest BCUT2D eigenvalue weighted by atomic mass is 10.1. The van der Waals surface area contributed by atoms with E-state index in [4.69, 9.17) is 9.84 Å². The summed E-state index contributed by atoms with van der Waals surface area (Å²) in [4.78, 5) is 24.1. The van der Waals surface area contributed by atoms with Gasteiger partial charge in [0.05, 0.1) is 12.0 Å². The molecule has 8 nitrogen and oxygen atoms in total. The molecule has 1 aromatic carbocycles. The number of methoxy groups -OCH3 is 1. The van der Waals surface area contributed by atoms with Crippen LogP contribution in [0.2, 0.25) is 0 Å². The van der Waals surface area contributed by atoms with Gasteiger partial charge in [0.15, 0.2) is 5.75 Å². The molecule has 1 aromatic rings. The van der Waals surface area contributed by atoms with Crippen LogP contribution in [0.1, 0.15) is 5.56 Å². The number of amides is 1. The van der Waals surface area contributed by atoms with Gasteiger partial charge in [-0.15, -0.1) is 0 Å². The second-order valence-corrected chi connectivity index (χ2v) is 4.93. The van der Waals surface area contributed by atoms with Crippen molar-refractivity contribution in [2.75, 3.05) is 33.3 Å². The molecule has 0 unspecified atom stereocenters. The summed E-state index contributed by atoms with van der Waals surface area (Å²) in [5.41, 5.74) is -0.134. The van der Waals surface area contributed by atoms with E-state index in [9.17, 15) is 19.3 Å². The third-order valence-corrected chi connectivity index (χ3v) is 3.54. The predicted molar refractivity (Wildman–Crippen MR) is 74.5 cm³/mol. The number of piperazine rings is 1. The summed E-state index contributed by atoms with van der Waals surface area (Å²) in [5.74, 6) is -1.06. The van der Waals surface area contributed by atoms with Gasteiger partial charge >= 0.3 is 11.8 Å². The van der Waals surface area contributed by atoms with Gasteiger partial charge in [-0.25, -0.2) is 4.79 Å². The standard InChI is InChI=1S/C13H16FN3O5/c1-22-11-7-9(6-10(14)12(11)17(20)21)8-15-2-4-16(5-3-15)13(18)19/h6-7H,2-5,8H2,1H3,(H,18,19). The number of benzene rings is 1. The Morgan fingerprint density at radius 3 is 2.55 bits per heavy atom. The summed E-state index contributed by atoms with van der Waals surface area (Å²) in [5, 5.41) is 19.7. The first-order valence-corrected chi connectivity index (χ1v) is 6.63. The quantitative estimate of drug-likeness (QED) is 0.669. The molecule has 1 saturated heterocycles. The van der Waals surface area contributed by atoms with Gasteiger partial charge in [-0.05, 0) is 17.7 Å². The molecular weight excluding hydrogens is 297 g/mol. The van der Waals surface area contributed by atoms with Crippen LogP contribution >= 0.6 is 0 Å². The van der Waals surface area contributed by atoms with E-state index in [0.717, 1.165) is 6.07 Å². The van der Waals surface area contributed by atoms with E-state index in [-0.39, 0.29) is 5.75 Å². The first-order chi connectivity index (χ1) is 10.4. The topological polar surface area (TPSA) is 96.2 Å². The molecule has 1 fully saturated rings. The highest BCUT2D eigenvalue weighted by Crippen LogP contribution is 2.31. The molecule has 1 aliphatic rings. The minimum atomic E-state index is -0.956. The Morgan fingerprint density at radius 2 is 2.05 bits per heavy atom. The number of nitro groups is 1.